The number of carbonyl (C=O) groups is 2. The molecule has 0 aliphatic carbocycles. The third-order valence-corrected chi connectivity index (χ3v) is 6.94. The molecule has 2 aliphatic heterocycles. The van der Waals surface area contributed by atoms with Gasteiger partial charge < -0.3 is 14.9 Å². The minimum absolute atomic E-state index is 0.0465. The molecule has 9 nitrogen and oxygen atoms in total. The van der Waals surface area contributed by atoms with E-state index in [9.17, 15) is 23.5 Å². The van der Waals surface area contributed by atoms with Gasteiger partial charge in [0, 0.05) is 30.5 Å². The normalized spacial score (nSPS) is 17.6. The fourth-order valence-corrected chi connectivity index (χ4v) is 5.20. The highest BCUT2D eigenvalue weighted by molar-refractivity contribution is 6.01. The molecule has 2 aliphatic rings. The number of amides is 1. The lowest BCUT2D eigenvalue weighted by atomic mass is 10.0. The van der Waals surface area contributed by atoms with Crippen molar-refractivity contribution < 1.29 is 23.5 Å². The third-order valence-electron chi connectivity index (χ3n) is 6.94. The number of hydrogen-bond acceptors (Lipinski definition) is 5. The minimum atomic E-state index is -1.11. The van der Waals surface area contributed by atoms with Crippen LogP contribution in [0.15, 0.2) is 48.8 Å². The van der Waals surface area contributed by atoms with Crippen molar-refractivity contribution in [2.45, 2.75) is 32.0 Å². The first-order chi connectivity index (χ1) is 17.4. The number of carboxylic acids is 1. The van der Waals surface area contributed by atoms with Gasteiger partial charge in [0.05, 0.1) is 42.1 Å². The van der Waals surface area contributed by atoms with Gasteiger partial charge in [-0.15, -0.1) is 0 Å². The van der Waals surface area contributed by atoms with Crippen LogP contribution in [0.1, 0.15) is 51.0 Å². The summed E-state index contributed by atoms with van der Waals surface area (Å²) in [6.07, 6.45) is 4.79. The summed E-state index contributed by atoms with van der Waals surface area (Å²) in [6.45, 7) is 1.70. The van der Waals surface area contributed by atoms with Crippen LogP contribution in [0.2, 0.25) is 0 Å². The van der Waals surface area contributed by atoms with Gasteiger partial charge in [0.1, 0.15) is 11.6 Å². The Kier molecular flexibility index (Phi) is 5.20. The average molecular weight is 492 g/mol. The molecule has 3 aromatic heterocycles. The highest BCUT2D eigenvalue weighted by Crippen LogP contribution is 2.38. The molecule has 184 valence electrons. The number of carbonyl (C=O) groups excluding carboxylic acids is 1. The van der Waals surface area contributed by atoms with E-state index in [0.717, 1.165) is 24.2 Å². The average Bonchev–Trinajstić information content (AvgIpc) is 3.62. The number of pyridine rings is 1. The monoisotopic (exact) mass is 492 g/mol. The van der Waals surface area contributed by atoms with E-state index in [0.29, 0.717) is 48.4 Å². The number of hydrogen-bond donors (Lipinski definition) is 1. The van der Waals surface area contributed by atoms with E-state index in [1.54, 1.807) is 20.3 Å². The molecule has 1 N–H and O–H groups in total. The molecule has 4 aromatic rings. The maximum atomic E-state index is 14.5. The molecule has 1 amide bonds. The molecule has 1 saturated heterocycles. The quantitative estimate of drug-likeness (QED) is 0.469. The summed E-state index contributed by atoms with van der Waals surface area (Å²) in [5.74, 6) is -2.25. The van der Waals surface area contributed by atoms with E-state index >= 15 is 0 Å². The van der Waals surface area contributed by atoms with E-state index < -0.39 is 17.6 Å². The molecule has 0 unspecified atom stereocenters. The standard InChI is InChI=1S/C25H22F2N6O3/c26-15-3-4-20(27)18(10-15)22-2-1-6-31(22)16-5-7-33-23(12-16)19(13-28-33)24(34)30-8-9-32-17(14-30)11-21(29-32)25(35)36/h3-5,7,10-13,22H,1-2,6,8-9,14H2,(H,35,36)/t22-/m1/s1. The molecule has 0 spiro atoms. The van der Waals surface area contributed by atoms with Crippen molar-refractivity contribution in [3.05, 3.63) is 82.9 Å². The summed E-state index contributed by atoms with van der Waals surface area (Å²) < 4.78 is 31.6. The molecule has 1 aromatic carbocycles. The van der Waals surface area contributed by atoms with Gasteiger partial charge in [-0.25, -0.2) is 18.1 Å². The van der Waals surface area contributed by atoms with Crippen molar-refractivity contribution in [1.29, 1.82) is 0 Å². The lowest BCUT2D eigenvalue weighted by molar-refractivity contribution is 0.0680. The number of aromatic nitrogens is 4. The Morgan fingerprint density at radius 2 is 1.92 bits per heavy atom. The smallest absolute Gasteiger partial charge is 0.356 e. The summed E-state index contributed by atoms with van der Waals surface area (Å²) in [4.78, 5) is 28.4. The summed E-state index contributed by atoms with van der Waals surface area (Å²) in [7, 11) is 0. The molecule has 0 bridgehead atoms. The van der Waals surface area contributed by atoms with E-state index in [1.165, 1.54) is 18.3 Å². The first-order valence-electron chi connectivity index (χ1n) is 11.7. The number of anilines is 1. The lowest BCUT2D eigenvalue weighted by Crippen LogP contribution is -2.38. The van der Waals surface area contributed by atoms with Crippen LogP contribution < -0.4 is 4.90 Å². The zero-order chi connectivity index (χ0) is 25.0. The Bertz CT molecular complexity index is 1510. The summed E-state index contributed by atoms with van der Waals surface area (Å²) in [5.41, 5.74) is 2.74. The Morgan fingerprint density at radius 3 is 2.75 bits per heavy atom. The van der Waals surface area contributed by atoms with Gasteiger partial charge in [0.25, 0.3) is 5.91 Å². The Labute approximate surface area is 204 Å². The SMILES string of the molecule is O=C(O)c1cc2n(n1)CCN(C(=O)c1cnn3ccc(N4CCC[C@@H]4c4cc(F)ccc4F)cc13)C2. The molecule has 11 heteroatoms. The van der Waals surface area contributed by atoms with Gasteiger partial charge in [-0.2, -0.15) is 10.2 Å². The topological polar surface area (TPSA) is 96.0 Å². The number of carboxylic acid groups (broad SMARTS) is 1. The Balaban J connectivity index is 1.30. The molecule has 36 heavy (non-hydrogen) atoms. The van der Waals surface area contributed by atoms with Crippen molar-refractivity contribution in [2.24, 2.45) is 0 Å². The predicted octanol–water partition coefficient (Wildman–Crippen LogP) is 3.50. The van der Waals surface area contributed by atoms with Gasteiger partial charge in [0.2, 0.25) is 0 Å². The molecule has 1 fully saturated rings. The van der Waals surface area contributed by atoms with Gasteiger partial charge in [0.15, 0.2) is 5.69 Å². The third kappa shape index (κ3) is 3.67. The summed E-state index contributed by atoms with van der Waals surface area (Å²) in [5, 5.41) is 17.6. The number of aromatic carboxylic acids is 1. The number of rotatable bonds is 4. The van der Waals surface area contributed by atoms with Crippen LogP contribution in [0.3, 0.4) is 0 Å². The van der Waals surface area contributed by atoms with Gasteiger partial charge in [-0.1, -0.05) is 0 Å². The fourth-order valence-electron chi connectivity index (χ4n) is 5.20. The first-order valence-corrected chi connectivity index (χ1v) is 11.7. The largest absolute Gasteiger partial charge is 0.476 e. The van der Waals surface area contributed by atoms with Gasteiger partial charge in [-0.05, 0) is 49.2 Å². The van der Waals surface area contributed by atoms with E-state index in [2.05, 4.69) is 10.2 Å². The van der Waals surface area contributed by atoms with Crippen molar-refractivity contribution in [3.8, 4) is 0 Å². The predicted molar refractivity (Wildman–Crippen MR) is 125 cm³/mol. The van der Waals surface area contributed by atoms with Crippen LogP contribution in [0, 0.1) is 11.6 Å². The highest BCUT2D eigenvalue weighted by atomic mass is 19.1. The second-order valence-corrected chi connectivity index (χ2v) is 9.07. The Morgan fingerprint density at radius 1 is 1.06 bits per heavy atom. The van der Waals surface area contributed by atoms with Crippen LogP contribution in [-0.2, 0) is 13.1 Å². The second kappa shape index (κ2) is 8.43. The van der Waals surface area contributed by atoms with Gasteiger partial charge >= 0.3 is 5.97 Å². The van der Waals surface area contributed by atoms with E-state index in [-0.39, 0.29) is 24.2 Å². The van der Waals surface area contributed by atoms with Crippen molar-refractivity contribution in [3.63, 3.8) is 0 Å². The highest BCUT2D eigenvalue weighted by Gasteiger charge is 2.30. The van der Waals surface area contributed by atoms with Crippen LogP contribution in [0.4, 0.5) is 14.5 Å². The molecule has 5 heterocycles. The molecule has 0 radical (unpaired) electrons. The molecular formula is C25H22F2N6O3. The molecule has 6 rings (SSSR count). The van der Waals surface area contributed by atoms with Crippen LogP contribution in [-0.4, -0.2) is 54.4 Å². The number of fused-ring (bicyclic) bond motifs is 2. The summed E-state index contributed by atoms with van der Waals surface area (Å²) >= 11 is 0. The Hall–Kier alpha value is -4.28. The zero-order valence-corrected chi connectivity index (χ0v) is 19.1. The maximum absolute atomic E-state index is 14.5. The number of halogens is 2. The summed E-state index contributed by atoms with van der Waals surface area (Å²) in [6, 6.07) is 8.41. The fraction of sp³-hybridized carbons (Fsp3) is 0.280. The zero-order valence-electron chi connectivity index (χ0n) is 19.1. The van der Waals surface area contributed by atoms with E-state index in [4.69, 9.17) is 0 Å². The minimum Gasteiger partial charge on any atom is -0.476 e. The number of benzene rings is 1. The van der Waals surface area contributed by atoms with Crippen molar-refractivity contribution >= 4 is 23.1 Å². The van der Waals surface area contributed by atoms with Crippen molar-refractivity contribution in [1.82, 2.24) is 24.3 Å². The number of nitrogens with zero attached hydrogens (tertiary/aromatic N) is 6. The molecule has 1 atom stereocenters. The van der Waals surface area contributed by atoms with Crippen molar-refractivity contribution in [2.75, 3.05) is 18.0 Å². The first kappa shape index (κ1) is 22.2. The lowest BCUT2D eigenvalue weighted by Gasteiger charge is -2.28. The maximum Gasteiger partial charge on any atom is 0.356 e. The van der Waals surface area contributed by atoms with Crippen LogP contribution >= 0.6 is 0 Å². The second-order valence-electron chi connectivity index (χ2n) is 9.07. The van der Waals surface area contributed by atoms with Gasteiger partial charge in [-0.3, -0.25) is 9.48 Å². The van der Waals surface area contributed by atoms with Crippen LogP contribution in [0.25, 0.3) is 5.52 Å². The molecular weight excluding hydrogens is 470 g/mol. The van der Waals surface area contributed by atoms with Crippen LogP contribution in [0.5, 0.6) is 0 Å². The van der Waals surface area contributed by atoms with E-state index in [1.807, 2.05) is 17.0 Å². The molecule has 0 saturated carbocycles.